The van der Waals surface area contributed by atoms with Gasteiger partial charge < -0.3 is 14.6 Å². The largest absolute Gasteiger partial charge is 0.353 e. The van der Waals surface area contributed by atoms with E-state index < -0.39 is 0 Å². The van der Waals surface area contributed by atoms with Gasteiger partial charge in [0, 0.05) is 25.5 Å². The molecule has 2 amide bonds. The Bertz CT molecular complexity index is 586. The molecule has 18 heavy (non-hydrogen) atoms. The average Bonchev–Trinajstić information content (AvgIpc) is 2.81. The van der Waals surface area contributed by atoms with Gasteiger partial charge in [-0.2, -0.15) is 0 Å². The minimum Gasteiger partial charge on any atom is -0.353 e. The van der Waals surface area contributed by atoms with E-state index in [9.17, 15) is 9.59 Å². The molecule has 0 spiro atoms. The van der Waals surface area contributed by atoms with Crippen molar-refractivity contribution in [1.29, 1.82) is 0 Å². The van der Waals surface area contributed by atoms with E-state index in [0.29, 0.717) is 18.8 Å². The summed E-state index contributed by atoms with van der Waals surface area (Å²) >= 11 is 0. The van der Waals surface area contributed by atoms with E-state index in [-0.39, 0.29) is 18.4 Å². The lowest BCUT2D eigenvalue weighted by Gasteiger charge is -2.25. The maximum absolute atomic E-state index is 12.2. The zero-order valence-corrected chi connectivity index (χ0v) is 9.67. The number of carbonyl (C=O) groups is 2. The zero-order chi connectivity index (χ0) is 12.5. The number of piperazine rings is 1. The van der Waals surface area contributed by atoms with E-state index in [2.05, 4.69) is 10.3 Å². The first-order valence-electron chi connectivity index (χ1n) is 5.74. The second-order valence-corrected chi connectivity index (χ2v) is 4.17. The third kappa shape index (κ3) is 1.81. The molecule has 6 heteroatoms. The molecule has 0 saturated carbocycles. The fraction of sp³-hybridized carbons (Fsp3) is 0.250. The van der Waals surface area contributed by atoms with Crippen molar-refractivity contribution in [2.75, 3.05) is 19.6 Å². The molecule has 0 aromatic carbocycles. The monoisotopic (exact) mass is 244 g/mol. The van der Waals surface area contributed by atoms with Crippen LogP contribution in [0.5, 0.6) is 0 Å². The quantitative estimate of drug-likeness (QED) is 0.762. The number of hydrogen-bond acceptors (Lipinski definition) is 3. The average molecular weight is 244 g/mol. The van der Waals surface area contributed by atoms with Crippen LogP contribution in [0, 0.1) is 0 Å². The summed E-state index contributed by atoms with van der Waals surface area (Å²) in [4.78, 5) is 29.2. The third-order valence-electron chi connectivity index (χ3n) is 2.91. The van der Waals surface area contributed by atoms with Gasteiger partial charge in [0.1, 0.15) is 11.3 Å². The normalized spacial score (nSPS) is 15.8. The third-order valence-corrected chi connectivity index (χ3v) is 2.91. The lowest BCUT2D eigenvalue weighted by molar-refractivity contribution is -0.123. The smallest absolute Gasteiger partial charge is 0.274 e. The summed E-state index contributed by atoms with van der Waals surface area (Å²) in [6.07, 6.45) is 3.52. The van der Waals surface area contributed by atoms with Gasteiger partial charge in [0.25, 0.3) is 5.91 Å². The van der Waals surface area contributed by atoms with Crippen LogP contribution in [0.4, 0.5) is 0 Å². The van der Waals surface area contributed by atoms with Crippen LogP contribution in [0.1, 0.15) is 10.5 Å². The summed E-state index contributed by atoms with van der Waals surface area (Å²) in [6.45, 7) is 1.13. The molecule has 2 aromatic rings. The Hall–Kier alpha value is -2.37. The highest BCUT2D eigenvalue weighted by Gasteiger charge is 2.23. The van der Waals surface area contributed by atoms with Gasteiger partial charge in [-0.1, -0.05) is 6.07 Å². The molecule has 1 N–H and O–H groups in total. The highest BCUT2D eigenvalue weighted by Crippen LogP contribution is 2.08. The molecule has 1 saturated heterocycles. The Morgan fingerprint density at radius 3 is 3.06 bits per heavy atom. The second kappa shape index (κ2) is 4.14. The SMILES string of the molecule is O=C1CN(C(=O)c2cn3ccccc3n2)CCN1. The zero-order valence-electron chi connectivity index (χ0n) is 9.67. The molecule has 0 bridgehead atoms. The predicted molar refractivity (Wildman–Crippen MR) is 64.1 cm³/mol. The van der Waals surface area contributed by atoms with E-state index in [1.807, 2.05) is 24.4 Å². The van der Waals surface area contributed by atoms with Crippen molar-refractivity contribution < 1.29 is 9.59 Å². The Morgan fingerprint density at radius 2 is 2.28 bits per heavy atom. The molecular weight excluding hydrogens is 232 g/mol. The van der Waals surface area contributed by atoms with E-state index in [0.717, 1.165) is 5.65 Å². The summed E-state index contributed by atoms with van der Waals surface area (Å²) in [5.74, 6) is -0.327. The number of imidazole rings is 1. The Balaban J connectivity index is 1.89. The molecule has 1 aliphatic heterocycles. The van der Waals surface area contributed by atoms with Gasteiger partial charge in [0.15, 0.2) is 0 Å². The molecule has 0 aliphatic carbocycles. The second-order valence-electron chi connectivity index (χ2n) is 4.17. The van der Waals surface area contributed by atoms with E-state index in [1.54, 1.807) is 10.6 Å². The highest BCUT2D eigenvalue weighted by molar-refractivity contribution is 5.96. The summed E-state index contributed by atoms with van der Waals surface area (Å²) < 4.78 is 1.79. The molecule has 0 unspecified atom stereocenters. The molecular formula is C12H12N4O2. The van der Waals surface area contributed by atoms with Crippen molar-refractivity contribution in [3.8, 4) is 0 Å². The molecule has 2 aromatic heterocycles. The minimum absolute atomic E-state index is 0.104. The van der Waals surface area contributed by atoms with Crippen LogP contribution in [0.15, 0.2) is 30.6 Å². The van der Waals surface area contributed by atoms with Gasteiger partial charge in [-0.3, -0.25) is 9.59 Å². The number of aromatic nitrogens is 2. The van der Waals surface area contributed by atoms with Crippen LogP contribution in [0.3, 0.4) is 0 Å². The fourth-order valence-corrected chi connectivity index (χ4v) is 2.01. The van der Waals surface area contributed by atoms with Crippen molar-refractivity contribution in [1.82, 2.24) is 19.6 Å². The van der Waals surface area contributed by atoms with Crippen LogP contribution in [0.25, 0.3) is 5.65 Å². The topological polar surface area (TPSA) is 66.7 Å². The first kappa shape index (κ1) is 10.8. The lowest BCUT2D eigenvalue weighted by atomic mass is 10.3. The van der Waals surface area contributed by atoms with Gasteiger partial charge >= 0.3 is 0 Å². The van der Waals surface area contributed by atoms with Crippen LogP contribution in [0.2, 0.25) is 0 Å². The van der Waals surface area contributed by atoms with E-state index >= 15 is 0 Å². The van der Waals surface area contributed by atoms with Gasteiger partial charge in [0.2, 0.25) is 5.91 Å². The predicted octanol–water partition coefficient (Wildman–Crippen LogP) is -0.0937. The fourth-order valence-electron chi connectivity index (χ4n) is 2.01. The molecule has 3 rings (SSSR count). The Kier molecular flexibility index (Phi) is 2.47. The van der Waals surface area contributed by atoms with Crippen molar-refractivity contribution in [2.24, 2.45) is 0 Å². The number of rotatable bonds is 1. The van der Waals surface area contributed by atoms with E-state index in [1.165, 1.54) is 4.90 Å². The van der Waals surface area contributed by atoms with Gasteiger partial charge in [-0.05, 0) is 12.1 Å². The molecule has 3 heterocycles. The molecule has 1 fully saturated rings. The molecule has 0 radical (unpaired) electrons. The number of carbonyl (C=O) groups excluding carboxylic acids is 2. The van der Waals surface area contributed by atoms with Crippen LogP contribution in [-0.4, -0.2) is 45.7 Å². The number of fused-ring (bicyclic) bond motifs is 1. The van der Waals surface area contributed by atoms with Crippen molar-refractivity contribution in [2.45, 2.75) is 0 Å². The van der Waals surface area contributed by atoms with E-state index in [4.69, 9.17) is 0 Å². The Morgan fingerprint density at radius 1 is 1.39 bits per heavy atom. The number of nitrogens with one attached hydrogen (secondary N) is 1. The molecule has 0 atom stereocenters. The van der Waals surface area contributed by atoms with Gasteiger partial charge in [-0.15, -0.1) is 0 Å². The maximum Gasteiger partial charge on any atom is 0.274 e. The number of amides is 2. The summed E-state index contributed by atoms with van der Waals surface area (Å²) in [7, 11) is 0. The van der Waals surface area contributed by atoms with Crippen molar-refractivity contribution in [3.05, 3.63) is 36.3 Å². The van der Waals surface area contributed by atoms with Crippen LogP contribution in [-0.2, 0) is 4.79 Å². The maximum atomic E-state index is 12.2. The standard InChI is InChI=1S/C12H12N4O2/c17-11-8-16(6-4-13-11)12(18)9-7-15-5-2-1-3-10(15)14-9/h1-3,5,7H,4,6,8H2,(H,13,17). The summed E-state index contributed by atoms with van der Waals surface area (Å²) in [5, 5.41) is 2.69. The number of nitrogens with zero attached hydrogens (tertiary/aromatic N) is 3. The van der Waals surface area contributed by atoms with Gasteiger partial charge in [0.05, 0.1) is 6.54 Å². The molecule has 6 nitrogen and oxygen atoms in total. The molecule has 1 aliphatic rings. The number of hydrogen-bond donors (Lipinski definition) is 1. The van der Waals surface area contributed by atoms with Crippen LogP contribution < -0.4 is 5.32 Å². The highest BCUT2D eigenvalue weighted by atomic mass is 16.2. The number of pyridine rings is 1. The minimum atomic E-state index is -0.200. The van der Waals surface area contributed by atoms with Crippen LogP contribution >= 0.6 is 0 Å². The van der Waals surface area contributed by atoms with Gasteiger partial charge in [-0.25, -0.2) is 4.98 Å². The summed E-state index contributed by atoms with van der Waals surface area (Å²) in [6, 6.07) is 5.57. The van der Waals surface area contributed by atoms with Crippen molar-refractivity contribution in [3.63, 3.8) is 0 Å². The first-order chi connectivity index (χ1) is 8.74. The first-order valence-corrected chi connectivity index (χ1v) is 5.74. The lowest BCUT2D eigenvalue weighted by Crippen LogP contribution is -2.50. The Labute approximate surface area is 103 Å². The molecule has 92 valence electrons. The van der Waals surface area contributed by atoms with Crippen molar-refractivity contribution >= 4 is 17.5 Å². The summed E-state index contributed by atoms with van der Waals surface area (Å²) in [5.41, 5.74) is 1.10.